The van der Waals surface area contributed by atoms with E-state index in [4.69, 9.17) is 0 Å². The van der Waals surface area contributed by atoms with Gasteiger partial charge in [0, 0.05) is 14.1 Å². The molecule has 0 radical (unpaired) electrons. The Morgan fingerprint density at radius 2 is 1.53 bits per heavy atom. The highest BCUT2D eigenvalue weighted by Crippen LogP contribution is 2.24. The van der Waals surface area contributed by atoms with E-state index in [-0.39, 0.29) is 11.8 Å². The number of hydrogen-bond donors (Lipinski definition) is 2. The molecule has 4 heteroatoms. The number of carbonyl (C=O) groups is 2. The van der Waals surface area contributed by atoms with E-state index in [1.54, 1.807) is 21.0 Å². The Morgan fingerprint density at radius 1 is 1.00 bits per heavy atom. The highest BCUT2D eigenvalue weighted by atomic mass is 16.2. The molecule has 0 aliphatic heterocycles. The Balaban J connectivity index is 3.05. The smallest absolute Gasteiger partial charge is 0.228 e. The van der Waals surface area contributed by atoms with Gasteiger partial charge in [-0.3, -0.25) is 9.59 Å². The minimum atomic E-state index is -0.457. The minimum absolute atomic E-state index is 0.137. The van der Waals surface area contributed by atoms with Crippen molar-refractivity contribution in [1.29, 1.82) is 0 Å². The molecule has 2 N–H and O–H groups in total. The van der Waals surface area contributed by atoms with E-state index < -0.39 is 11.8 Å². The molecule has 0 bridgehead atoms. The summed E-state index contributed by atoms with van der Waals surface area (Å²) in [6.45, 7) is 1.76. The van der Waals surface area contributed by atoms with Crippen LogP contribution < -0.4 is 10.6 Å². The van der Waals surface area contributed by atoms with Gasteiger partial charge < -0.3 is 10.6 Å². The maximum absolute atomic E-state index is 11.9. The maximum atomic E-state index is 11.9. The van der Waals surface area contributed by atoms with Crippen molar-refractivity contribution >= 4 is 11.8 Å². The van der Waals surface area contributed by atoms with Gasteiger partial charge in [-0.15, -0.1) is 0 Å². The molecule has 0 saturated heterocycles. The molecule has 17 heavy (non-hydrogen) atoms. The van der Waals surface area contributed by atoms with Crippen LogP contribution in [0, 0.1) is 5.92 Å². The summed E-state index contributed by atoms with van der Waals surface area (Å²) in [5.41, 5.74) is 0.850. The fourth-order valence-corrected chi connectivity index (χ4v) is 1.86. The maximum Gasteiger partial charge on any atom is 0.228 e. The van der Waals surface area contributed by atoms with E-state index >= 15 is 0 Å². The van der Waals surface area contributed by atoms with Crippen molar-refractivity contribution < 1.29 is 9.59 Å². The number of benzene rings is 1. The standard InChI is InChI=1S/C13H18N2O2/c1-9(12(16)14-2)11(13(17)15-3)10-7-5-4-6-8-10/h4-9,11H,1-3H3,(H,14,16)(H,15,17)/t9-,11-/m0/s1. The largest absolute Gasteiger partial charge is 0.359 e. The van der Waals surface area contributed by atoms with Crippen LogP contribution in [0.3, 0.4) is 0 Å². The summed E-state index contributed by atoms with van der Waals surface area (Å²) in [7, 11) is 3.15. The number of amides is 2. The van der Waals surface area contributed by atoms with Gasteiger partial charge in [0.1, 0.15) is 0 Å². The molecule has 1 rings (SSSR count). The average molecular weight is 234 g/mol. The van der Waals surface area contributed by atoms with Crippen LogP contribution in [-0.4, -0.2) is 25.9 Å². The van der Waals surface area contributed by atoms with Crippen LogP contribution in [0.1, 0.15) is 18.4 Å². The van der Waals surface area contributed by atoms with Gasteiger partial charge in [0.2, 0.25) is 11.8 Å². The molecule has 92 valence electrons. The number of hydrogen-bond acceptors (Lipinski definition) is 2. The highest BCUT2D eigenvalue weighted by molar-refractivity contribution is 5.90. The lowest BCUT2D eigenvalue weighted by molar-refractivity contribution is -0.130. The van der Waals surface area contributed by atoms with E-state index in [1.807, 2.05) is 30.3 Å². The van der Waals surface area contributed by atoms with Crippen molar-refractivity contribution in [3.63, 3.8) is 0 Å². The molecule has 2 amide bonds. The van der Waals surface area contributed by atoms with Crippen LogP contribution in [0.4, 0.5) is 0 Å². The predicted octanol–water partition coefficient (Wildman–Crippen LogP) is 0.898. The summed E-state index contributed by atoms with van der Waals surface area (Å²) in [6.07, 6.45) is 0. The zero-order valence-corrected chi connectivity index (χ0v) is 10.4. The van der Waals surface area contributed by atoms with Crippen LogP contribution in [0.5, 0.6) is 0 Å². The van der Waals surface area contributed by atoms with E-state index in [9.17, 15) is 9.59 Å². The monoisotopic (exact) mass is 234 g/mol. The van der Waals surface area contributed by atoms with Crippen molar-refractivity contribution in [1.82, 2.24) is 10.6 Å². The Labute approximate surface area is 101 Å². The second kappa shape index (κ2) is 6.03. The summed E-state index contributed by atoms with van der Waals surface area (Å²) < 4.78 is 0. The molecule has 0 unspecified atom stereocenters. The molecule has 0 aromatic heterocycles. The fourth-order valence-electron chi connectivity index (χ4n) is 1.86. The van der Waals surface area contributed by atoms with E-state index in [2.05, 4.69) is 10.6 Å². The number of nitrogens with one attached hydrogen (secondary N) is 2. The van der Waals surface area contributed by atoms with Crippen LogP contribution in [0.15, 0.2) is 30.3 Å². The van der Waals surface area contributed by atoms with Crippen LogP contribution in [0.25, 0.3) is 0 Å². The first kappa shape index (κ1) is 13.2. The first-order valence-electron chi connectivity index (χ1n) is 5.60. The Bertz CT molecular complexity index is 390. The first-order valence-corrected chi connectivity index (χ1v) is 5.60. The van der Waals surface area contributed by atoms with Gasteiger partial charge in [-0.1, -0.05) is 37.3 Å². The Hall–Kier alpha value is -1.84. The van der Waals surface area contributed by atoms with Gasteiger partial charge in [-0.2, -0.15) is 0 Å². The number of likely N-dealkylation sites (N-methyl/N-ethyl adjacent to an activating group) is 1. The predicted molar refractivity (Wildman–Crippen MR) is 66.5 cm³/mol. The SMILES string of the molecule is CNC(=O)[C@@H](C)[C@H](C(=O)NC)c1ccccc1. The summed E-state index contributed by atoms with van der Waals surface area (Å²) in [5, 5.41) is 5.18. The van der Waals surface area contributed by atoms with Crippen LogP contribution in [-0.2, 0) is 9.59 Å². The van der Waals surface area contributed by atoms with Crippen molar-refractivity contribution in [3.8, 4) is 0 Å². The molecule has 4 nitrogen and oxygen atoms in total. The van der Waals surface area contributed by atoms with E-state index in [1.165, 1.54) is 0 Å². The summed E-state index contributed by atoms with van der Waals surface area (Å²) >= 11 is 0. The normalized spacial score (nSPS) is 13.6. The minimum Gasteiger partial charge on any atom is -0.359 e. The highest BCUT2D eigenvalue weighted by Gasteiger charge is 2.30. The first-order chi connectivity index (χ1) is 8.11. The third-order valence-corrected chi connectivity index (χ3v) is 2.85. The molecule has 0 fully saturated rings. The molecular formula is C13H18N2O2. The van der Waals surface area contributed by atoms with Crippen molar-refractivity contribution in [2.24, 2.45) is 5.92 Å². The van der Waals surface area contributed by atoms with Gasteiger partial charge >= 0.3 is 0 Å². The van der Waals surface area contributed by atoms with Gasteiger partial charge in [0.05, 0.1) is 11.8 Å². The zero-order valence-electron chi connectivity index (χ0n) is 10.4. The molecule has 0 heterocycles. The molecular weight excluding hydrogens is 216 g/mol. The van der Waals surface area contributed by atoms with E-state index in [0.29, 0.717) is 0 Å². The zero-order chi connectivity index (χ0) is 12.8. The summed E-state index contributed by atoms with van der Waals surface area (Å²) in [6, 6.07) is 9.33. The summed E-state index contributed by atoms with van der Waals surface area (Å²) in [4.78, 5) is 23.5. The van der Waals surface area contributed by atoms with E-state index in [0.717, 1.165) is 5.56 Å². The summed E-state index contributed by atoms with van der Waals surface area (Å²) in [5.74, 6) is -1.14. The van der Waals surface area contributed by atoms with Gasteiger partial charge in [0.25, 0.3) is 0 Å². The van der Waals surface area contributed by atoms with Crippen molar-refractivity contribution in [3.05, 3.63) is 35.9 Å². The molecule has 0 spiro atoms. The third-order valence-electron chi connectivity index (χ3n) is 2.85. The van der Waals surface area contributed by atoms with Gasteiger partial charge in [-0.05, 0) is 5.56 Å². The topological polar surface area (TPSA) is 58.2 Å². The molecule has 2 atom stereocenters. The quantitative estimate of drug-likeness (QED) is 0.813. The van der Waals surface area contributed by atoms with Gasteiger partial charge in [0.15, 0.2) is 0 Å². The van der Waals surface area contributed by atoms with Gasteiger partial charge in [-0.25, -0.2) is 0 Å². The lowest BCUT2D eigenvalue weighted by atomic mass is 9.86. The Morgan fingerprint density at radius 3 is 2.00 bits per heavy atom. The number of rotatable bonds is 4. The van der Waals surface area contributed by atoms with Crippen molar-refractivity contribution in [2.75, 3.05) is 14.1 Å². The number of carbonyl (C=O) groups excluding carboxylic acids is 2. The molecule has 0 saturated carbocycles. The lowest BCUT2D eigenvalue weighted by Gasteiger charge is -2.21. The Kier molecular flexibility index (Phi) is 4.69. The van der Waals surface area contributed by atoms with Crippen LogP contribution >= 0.6 is 0 Å². The molecule has 1 aromatic rings. The van der Waals surface area contributed by atoms with Crippen LogP contribution in [0.2, 0.25) is 0 Å². The second-order valence-corrected chi connectivity index (χ2v) is 3.91. The molecule has 0 aliphatic rings. The third kappa shape index (κ3) is 3.06. The van der Waals surface area contributed by atoms with Crippen molar-refractivity contribution in [2.45, 2.75) is 12.8 Å². The average Bonchev–Trinajstić information content (AvgIpc) is 2.38. The molecule has 0 aliphatic carbocycles. The fraction of sp³-hybridized carbons (Fsp3) is 0.385. The molecule has 1 aromatic carbocycles. The second-order valence-electron chi connectivity index (χ2n) is 3.91. The lowest BCUT2D eigenvalue weighted by Crippen LogP contribution is -2.37.